The lowest BCUT2D eigenvalue weighted by atomic mass is 10.1. The average Bonchev–Trinajstić information content (AvgIpc) is 2.19. The number of benzene rings is 1. The molecule has 0 atom stereocenters. The Morgan fingerprint density at radius 3 is 2.57 bits per heavy atom. The molecular formula is C10H14N4. The first-order chi connectivity index (χ1) is 6.69. The molecule has 0 unspecified atom stereocenters. The van der Waals surface area contributed by atoms with Gasteiger partial charge in [-0.2, -0.15) is 0 Å². The van der Waals surface area contributed by atoms with E-state index in [4.69, 9.17) is 16.9 Å². The van der Waals surface area contributed by atoms with Crippen LogP contribution in [0.1, 0.15) is 5.56 Å². The molecule has 0 radical (unpaired) electrons. The van der Waals surface area contributed by atoms with Crippen molar-refractivity contribution in [3.05, 3.63) is 30.0 Å². The van der Waals surface area contributed by atoms with Gasteiger partial charge in [0.1, 0.15) is 0 Å². The minimum absolute atomic E-state index is 0.534. The molecule has 0 bridgehead atoms. The minimum atomic E-state index is 0.534. The predicted octanol–water partition coefficient (Wildman–Crippen LogP) is 1.06. The van der Waals surface area contributed by atoms with Gasteiger partial charge in [-0.25, -0.2) is 0 Å². The van der Waals surface area contributed by atoms with E-state index in [1.54, 1.807) is 25.4 Å². The van der Waals surface area contributed by atoms with Gasteiger partial charge in [-0.1, -0.05) is 6.07 Å². The van der Waals surface area contributed by atoms with Crippen molar-refractivity contribution < 1.29 is 0 Å². The molecule has 0 aromatic heterocycles. The monoisotopic (exact) mass is 190 g/mol. The van der Waals surface area contributed by atoms with Crippen molar-refractivity contribution in [2.45, 2.75) is 0 Å². The fraction of sp³-hybridized carbons (Fsp3) is 0.100. The summed E-state index contributed by atoms with van der Waals surface area (Å²) < 4.78 is 0. The zero-order valence-corrected chi connectivity index (χ0v) is 8.04. The molecule has 0 aliphatic rings. The normalized spacial score (nSPS) is 11.1. The van der Waals surface area contributed by atoms with Gasteiger partial charge < -0.3 is 22.2 Å². The molecule has 0 spiro atoms. The van der Waals surface area contributed by atoms with E-state index in [0.29, 0.717) is 11.4 Å². The van der Waals surface area contributed by atoms with Crippen molar-refractivity contribution >= 4 is 23.2 Å². The Hall–Kier alpha value is -1.97. The van der Waals surface area contributed by atoms with Crippen LogP contribution in [-0.2, 0) is 0 Å². The molecule has 0 heterocycles. The maximum absolute atomic E-state index is 7.22. The average molecular weight is 190 g/mol. The predicted molar refractivity (Wildman–Crippen MR) is 61.1 cm³/mol. The second-order valence-corrected chi connectivity index (χ2v) is 2.88. The number of nitrogens with two attached hydrogens (primary N) is 2. The zero-order valence-electron chi connectivity index (χ0n) is 8.04. The molecule has 14 heavy (non-hydrogen) atoms. The number of hydrogen-bond acceptors (Lipinski definition) is 4. The summed E-state index contributed by atoms with van der Waals surface area (Å²) >= 11 is 0. The summed E-state index contributed by atoms with van der Waals surface area (Å²) in [7, 11) is 1.78. The Labute approximate surface area is 83.1 Å². The second kappa shape index (κ2) is 4.32. The van der Waals surface area contributed by atoms with Crippen LogP contribution in [0.3, 0.4) is 0 Å². The van der Waals surface area contributed by atoms with Crippen LogP contribution in [0.25, 0.3) is 5.57 Å². The Morgan fingerprint density at radius 1 is 1.36 bits per heavy atom. The first kappa shape index (κ1) is 10.1. The van der Waals surface area contributed by atoms with Gasteiger partial charge in [-0.3, -0.25) is 0 Å². The number of hydrogen-bond donors (Lipinski definition) is 4. The standard InChI is InChI=1S/C10H14N4/c1-14-6-8(5-11)7-2-3-9(12)10(13)4-7/h2-6,11,14H,12-13H2,1H3/b8-6+,11-5?. The minimum Gasteiger partial charge on any atom is -0.397 e. The summed E-state index contributed by atoms with van der Waals surface area (Å²) in [6.07, 6.45) is 3.00. The topological polar surface area (TPSA) is 87.9 Å². The van der Waals surface area contributed by atoms with Gasteiger partial charge in [0, 0.05) is 25.0 Å². The van der Waals surface area contributed by atoms with Gasteiger partial charge in [-0.05, 0) is 17.7 Å². The van der Waals surface area contributed by atoms with E-state index in [-0.39, 0.29) is 0 Å². The molecule has 0 aliphatic carbocycles. The van der Waals surface area contributed by atoms with Crippen LogP contribution in [0.15, 0.2) is 24.4 Å². The van der Waals surface area contributed by atoms with Crippen LogP contribution in [0.5, 0.6) is 0 Å². The first-order valence-electron chi connectivity index (χ1n) is 4.22. The summed E-state index contributed by atoms with van der Waals surface area (Å²) in [4.78, 5) is 0. The van der Waals surface area contributed by atoms with Crippen molar-refractivity contribution in [3.8, 4) is 0 Å². The Balaban J connectivity index is 3.12. The number of nitrogen functional groups attached to an aromatic ring is 2. The highest BCUT2D eigenvalue weighted by atomic mass is 14.8. The van der Waals surface area contributed by atoms with E-state index < -0.39 is 0 Å². The summed E-state index contributed by atoms with van der Waals surface area (Å²) in [5, 5.41) is 10.1. The molecule has 74 valence electrons. The summed E-state index contributed by atoms with van der Waals surface area (Å²) in [5.74, 6) is 0. The van der Waals surface area contributed by atoms with Crippen molar-refractivity contribution in [2.24, 2.45) is 0 Å². The van der Waals surface area contributed by atoms with E-state index in [1.165, 1.54) is 6.21 Å². The van der Waals surface area contributed by atoms with E-state index in [1.807, 2.05) is 6.07 Å². The summed E-state index contributed by atoms with van der Waals surface area (Å²) in [6, 6.07) is 5.32. The smallest absolute Gasteiger partial charge is 0.0554 e. The van der Waals surface area contributed by atoms with Crippen molar-refractivity contribution in [3.63, 3.8) is 0 Å². The molecule has 4 nitrogen and oxygen atoms in total. The third-order valence-electron chi connectivity index (χ3n) is 1.88. The fourth-order valence-corrected chi connectivity index (χ4v) is 1.12. The molecule has 1 rings (SSSR count). The lowest BCUT2D eigenvalue weighted by Gasteiger charge is -2.05. The van der Waals surface area contributed by atoms with Gasteiger partial charge in [0.15, 0.2) is 0 Å². The quantitative estimate of drug-likeness (QED) is 0.424. The van der Waals surface area contributed by atoms with Crippen LogP contribution in [0.2, 0.25) is 0 Å². The zero-order chi connectivity index (χ0) is 10.6. The van der Waals surface area contributed by atoms with Crippen LogP contribution in [0, 0.1) is 5.41 Å². The molecule has 0 fully saturated rings. The highest BCUT2D eigenvalue weighted by Gasteiger charge is 2.00. The number of anilines is 2. The van der Waals surface area contributed by atoms with Gasteiger partial charge in [0.2, 0.25) is 0 Å². The van der Waals surface area contributed by atoms with Crippen molar-refractivity contribution in [1.29, 1.82) is 5.41 Å². The summed E-state index contributed by atoms with van der Waals surface area (Å²) in [6.45, 7) is 0. The third-order valence-corrected chi connectivity index (χ3v) is 1.88. The van der Waals surface area contributed by atoms with Gasteiger partial charge in [0.05, 0.1) is 11.4 Å². The number of nitrogens with one attached hydrogen (secondary N) is 2. The molecule has 1 aromatic carbocycles. The van der Waals surface area contributed by atoms with E-state index >= 15 is 0 Å². The van der Waals surface area contributed by atoms with Crippen molar-refractivity contribution in [2.75, 3.05) is 18.5 Å². The molecule has 0 saturated carbocycles. The van der Waals surface area contributed by atoms with Gasteiger partial charge in [-0.15, -0.1) is 0 Å². The van der Waals surface area contributed by atoms with Gasteiger partial charge in [0.25, 0.3) is 0 Å². The van der Waals surface area contributed by atoms with E-state index in [0.717, 1.165) is 11.1 Å². The SMILES string of the molecule is CN/C=C(\C=N)c1ccc(N)c(N)c1. The third kappa shape index (κ3) is 2.04. The molecule has 0 saturated heterocycles. The number of rotatable bonds is 3. The molecule has 0 aliphatic heterocycles. The second-order valence-electron chi connectivity index (χ2n) is 2.88. The van der Waals surface area contributed by atoms with Crippen LogP contribution in [-0.4, -0.2) is 13.3 Å². The Morgan fingerprint density at radius 2 is 2.07 bits per heavy atom. The lowest BCUT2D eigenvalue weighted by Crippen LogP contribution is -1.99. The highest BCUT2D eigenvalue weighted by Crippen LogP contribution is 2.20. The molecule has 6 N–H and O–H groups in total. The Bertz CT molecular complexity index is 368. The maximum Gasteiger partial charge on any atom is 0.0554 e. The van der Waals surface area contributed by atoms with Crippen LogP contribution < -0.4 is 16.8 Å². The largest absolute Gasteiger partial charge is 0.397 e. The molecule has 4 heteroatoms. The van der Waals surface area contributed by atoms with Crippen LogP contribution >= 0.6 is 0 Å². The maximum atomic E-state index is 7.22. The summed E-state index contributed by atoms with van der Waals surface area (Å²) in [5.41, 5.74) is 14.0. The molecule has 1 aromatic rings. The number of allylic oxidation sites excluding steroid dienone is 1. The lowest BCUT2D eigenvalue weighted by molar-refractivity contribution is 1.11. The Kier molecular flexibility index (Phi) is 3.12. The van der Waals surface area contributed by atoms with Gasteiger partial charge >= 0.3 is 0 Å². The first-order valence-corrected chi connectivity index (χ1v) is 4.22. The molecular weight excluding hydrogens is 176 g/mol. The molecule has 0 amide bonds. The van der Waals surface area contributed by atoms with Crippen LogP contribution in [0.4, 0.5) is 11.4 Å². The van der Waals surface area contributed by atoms with E-state index in [9.17, 15) is 0 Å². The van der Waals surface area contributed by atoms with E-state index in [2.05, 4.69) is 5.32 Å². The highest BCUT2D eigenvalue weighted by molar-refractivity contribution is 6.08. The van der Waals surface area contributed by atoms with Crippen molar-refractivity contribution in [1.82, 2.24) is 5.32 Å². The fourth-order valence-electron chi connectivity index (χ4n) is 1.12.